The predicted molar refractivity (Wildman–Crippen MR) is 200 cm³/mol. The summed E-state index contributed by atoms with van der Waals surface area (Å²) >= 11 is 0. The molecule has 1 heterocycles. The highest BCUT2D eigenvalue weighted by atomic mass is 16.2. The quantitative estimate of drug-likeness (QED) is 0.105. The van der Waals surface area contributed by atoms with Crippen LogP contribution in [-0.2, 0) is 16.0 Å². The minimum atomic E-state index is -0.779. The molecule has 0 bridgehead atoms. The van der Waals surface area contributed by atoms with E-state index in [1.807, 2.05) is 49.4 Å². The van der Waals surface area contributed by atoms with Crippen molar-refractivity contribution < 1.29 is 14.4 Å². The van der Waals surface area contributed by atoms with Crippen molar-refractivity contribution >= 4 is 23.4 Å². The summed E-state index contributed by atoms with van der Waals surface area (Å²) in [6, 6.07) is 20.2. The van der Waals surface area contributed by atoms with E-state index in [2.05, 4.69) is 55.3 Å². The number of hydrogen-bond acceptors (Lipinski definition) is 8. The molecule has 1 atom stereocenters. The lowest BCUT2D eigenvalue weighted by molar-refractivity contribution is -0.130. The Kier molecular flexibility index (Phi) is 13.4. The Balaban J connectivity index is 1.24. The van der Waals surface area contributed by atoms with Crippen molar-refractivity contribution in [3.05, 3.63) is 83.4 Å². The van der Waals surface area contributed by atoms with Crippen LogP contribution >= 0.6 is 0 Å². The van der Waals surface area contributed by atoms with E-state index in [1.165, 1.54) is 0 Å². The van der Waals surface area contributed by atoms with Crippen LogP contribution in [0.4, 0.5) is 5.69 Å². The molecule has 1 aliphatic carbocycles. The van der Waals surface area contributed by atoms with E-state index >= 15 is 0 Å². The number of anilines is 1. The molecule has 1 aromatic heterocycles. The number of benzene rings is 3. The summed E-state index contributed by atoms with van der Waals surface area (Å²) in [6.07, 6.45) is 4.61. The van der Waals surface area contributed by atoms with Gasteiger partial charge in [0.1, 0.15) is 6.04 Å². The number of aromatic nitrogens is 4. The number of carbonyl (C=O) groups is 3. The fraction of sp³-hybridized carbons (Fsp3) is 0.436. The van der Waals surface area contributed by atoms with E-state index in [-0.39, 0.29) is 23.6 Å². The fourth-order valence-electron chi connectivity index (χ4n) is 6.71. The van der Waals surface area contributed by atoms with E-state index in [0.717, 1.165) is 79.6 Å². The first-order valence-electron chi connectivity index (χ1n) is 18.1. The molecule has 12 nitrogen and oxygen atoms in total. The largest absolute Gasteiger partial charge is 0.352 e. The zero-order chi connectivity index (χ0) is 36.2. The summed E-state index contributed by atoms with van der Waals surface area (Å²) in [5.74, 6) is 0.305. The van der Waals surface area contributed by atoms with Crippen LogP contribution in [0.15, 0.2) is 66.7 Å². The molecule has 0 radical (unpaired) electrons. The molecule has 1 aliphatic rings. The molecule has 270 valence electrons. The number of rotatable bonds is 16. The van der Waals surface area contributed by atoms with Gasteiger partial charge in [0.2, 0.25) is 17.6 Å². The summed E-state index contributed by atoms with van der Waals surface area (Å²) in [5, 5.41) is 23.1. The predicted octanol–water partition coefficient (Wildman–Crippen LogP) is 4.73. The first-order chi connectivity index (χ1) is 24.8. The maximum atomic E-state index is 13.7. The zero-order valence-corrected chi connectivity index (χ0v) is 30.0. The number of tetrazole rings is 1. The van der Waals surface area contributed by atoms with E-state index in [0.29, 0.717) is 42.5 Å². The monoisotopic (exact) mass is 693 g/mol. The second kappa shape index (κ2) is 18.3. The van der Waals surface area contributed by atoms with Gasteiger partial charge in [0.15, 0.2) is 0 Å². The van der Waals surface area contributed by atoms with Crippen molar-refractivity contribution in [1.82, 2.24) is 36.2 Å². The second-order valence-corrected chi connectivity index (χ2v) is 13.4. The SMILES string of the molecule is CCN(CC)CCCNC(=O)c1ccc(-c2ccc(CC(NC(=O)C3CCC(CN)CC3)C(=O)Nc3ccc(-c4nn[nH]n4)cc3)cc2)c(C)c1. The fourth-order valence-corrected chi connectivity index (χ4v) is 6.71. The number of nitrogens with zero attached hydrogens (tertiary/aromatic N) is 4. The lowest BCUT2D eigenvalue weighted by Gasteiger charge is -2.28. The summed E-state index contributed by atoms with van der Waals surface area (Å²) in [6.45, 7) is 10.6. The Labute approximate surface area is 300 Å². The van der Waals surface area contributed by atoms with Crippen molar-refractivity contribution in [2.24, 2.45) is 17.6 Å². The highest BCUT2D eigenvalue weighted by Crippen LogP contribution is 2.29. The number of nitrogens with one attached hydrogen (secondary N) is 4. The van der Waals surface area contributed by atoms with Crippen molar-refractivity contribution in [1.29, 1.82) is 0 Å². The Morgan fingerprint density at radius 3 is 2.27 bits per heavy atom. The molecule has 3 amide bonds. The van der Waals surface area contributed by atoms with Gasteiger partial charge in [-0.05, 0) is 135 Å². The van der Waals surface area contributed by atoms with Crippen LogP contribution < -0.4 is 21.7 Å². The number of amides is 3. The number of aryl methyl sites for hydroxylation is 1. The van der Waals surface area contributed by atoms with Gasteiger partial charge in [-0.25, -0.2) is 0 Å². The smallest absolute Gasteiger partial charge is 0.251 e. The van der Waals surface area contributed by atoms with Gasteiger partial charge in [0, 0.05) is 35.7 Å². The topological polar surface area (TPSA) is 171 Å². The van der Waals surface area contributed by atoms with Gasteiger partial charge in [-0.2, -0.15) is 5.21 Å². The highest BCUT2D eigenvalue weighted by molar-refractivity contribution is 5.98. The third-order valence-corrected chi connectivity index (χ3v) is 9.96. The van der Waals surface area contributed by atoms with Gasteiger partial charge in [0.05, 0.1) is 0 Å². The molecule has 4 aromatic rings. The third kappa shape index (κ3) is 10.3. The summed E-state index contributed by atoms with van der Waals surface area (Å²) in [4.78, 5) is 42.3. The molecular weight excluding hydrogens is 642 g/mol. The lowest BCUT2D eigenvalue weighted by atomic mass is 9.81. The van der Waals surface area contributed by atoms with Crippen molar-refractivity contribution in [3.8, 4) is 22.5 Å². The zero-order valence-electron chi connectivity index (χ0n) is 30.0. The Bertz CT molecular complexity index is 1710. The summed E-state index contributed by atoms with van der Waals surface area (Å²) in [7, 11) is 0. The number of H-pyrrole nitrogens is 1. The van der Waals surface area contributed by atoms with Gasteiger partial charge in [0.25, 0.3) is 5.91 Å². The van der Waals surface area contributed by atoms with Gasteiger partial charge in [-0.1, -0.05) is 44.2 Å². The number of aromatic amines is 1. The molecule has 1 fully saturated rings. The van der Waals surface area contributed by atoms with E-state index < -0.39 is 6.04 Å². The first-order valence-corrected chi connectivity index (χ1v) is 18.1. The van der Waals surface area contributed by atoms with Gasteiger partial charge in [-0.15, -0.1) is 10.2 Å². The Morgan fingerprint density at radius 1 is 0.941 bits per heavy atom. The van der Waals surface area contributed by atoms with Crippen LogP contribution in [0, 0.1) is 18.8 Å². The maximum Gasteiger partial charge on any atom is 0.251 e. The second-order valence-electron chi connectivity index (χ2n) is 13.4. The van der Waals surface area contributed by atoms with Gasteiger partial charge in [-0.3, -0.25) is 14.4 Å². The van der Waals surface area contributed by atoms with Crippen molar-refractivity contribution in [2.75, 3.05) is 38.0 Å². The Hall–Kier alpha value is -4.94. The van der Waals surface area contributed by atoms with Crippen LogP contribution in [0.3, 0.4) is 0 Å². The van der Waals surface area contributed by atoms with Crippen LogP contribution in [0.2, 0.25) is 0 Å². The van der Waals surface area contributed by atoms with E-state index in [1.54, 1.807) is 24.3 Å². The Morgan fingerprint density at radius 2 is 1.65 bits per heavy atom. The van der Waals surface area contributed by atoms with Gasteiger partial charge < -0.3 is 26.6 Å². The molecule has 0 aliphatic heterocycles. The van der Waals surface area contributed by atoms with Crippen LogP contribution in [-0.4, -0.2) is 82.0 Å². The summed E-state index contributed by atoms with van der Waals surface area (Å²) in [5.41, 5.74) is 11.8. The van der Waals surface area contributed by atoms with Crippen molar-refractivity contribution in [2.45, 2.75) is 65.3 Å². The average Bonchev–Trinajstić information content (AvgIpc) is 3.70. The molecule has 0 spiro atoms. The molecule has 12 heteroatoms. The number of carbonyl (C=O) groups excluding carboxylic acids is 3. The molecule has 51 heavy (non-hydrogen) atoms. The number of nitrogens with two attached hydrogens (primary N) is 1. The van der Waals surface area contributed by atoms with E-state index in [9.17, 15) is 14.4 Å². The number of hydrogen-bond donors (Lipinski definition) is 5. The standard InChI is InChI=1S/C39H51N9O3/c1-4-48(5-2)22-6-21-41-37(49)32-17-20-34(26(3)23-32)29-11-7-27(8-12-29)24-35(43-38(50)31-13-9-28(25-40)10-14-31)39(51)42-33-18-15-30(16-19-33)36-44-46-47-45-36/h7-8,11-12,15-20,23,28,31,35H,4-6,9-10,13-14,21-22,24-25,40H2,1-3H3,(H,41,49)(H,42,51)(H,43,50)(H,44,45,46,47). The van der Waals surface area contributed by atoms with E-state index in [4.69, 9.17) is 5.73 Å². The maximum absolute atomic E-state index is 13.7. The highest BCUT2D eigenvalue weighted by Gasteiger charge is 2.29. The molecular formula is C39H51N9O3. The molecule has 1 saturated carbocycles. The molecule has 6 N–H and O–H groups in total. The van der Waals surface area contributed by atoms with Crippen LogP contribution in [0.1, 0.15) is 67.4 Å². The lowest BCUT2D eigenvalue weighted by Crippen LogP contribution is -2.48. The minimum absolute atomic E-state index is 0.0683. The van der Waals surface area contributed by atoms with Crippen LogP contribution in [0.25, 0.3) is 22.5 Å². The molecule has 0 saturated heterocycles. The minimum Gasteiger partial charge on any atom is -0.352 e. The normalized spacial score (nSPS) is 16.4. The third-order valence-electron chi connectivity index (χ3n) is 9.96. The van der Waals surface area contributed by atoms with Crippen LogP contribution in [0.5, 0.6) is 0 Å². The summed E-state index contributed by atoms with van der Waals surface area (Å²) < 4.78 is 0. The molecule has 1 unspecified atom stereocenters. The van der Waals surface area contributed by atoms with Gasteiger partial charge >= 0.3 is 0 Å². The average molecular weight is 694 g/mol. The first kappa shape index (κ1) is 37.3. The van der Waals surface area contributed by atoms with Crippen molar-refractivity contribution in [3.63, 3.8) is 0 Å². The molecule has 3 aromatic carbocycles. The molecule has 5 rings (SSSR count).